The van der Waals surface area contributed by atoms with Crippen molar-refractivity contribution in [3.05, 3.63) is 0 Å². The van der Waals surface area contributed by atoms with Crippen LogP contribution in [0, 0.1) is 0 Å². The summed E-state index contributed by atoms with van der Waals surface area (Å²) in [5.74, 6) is 0. The molecule has 0 heterocycles. The van der Waals surface area contributed by atoms with Crippen LogP contribution in [0.25, 0.3) is 0 Å². The summed E-state index contributed by atoms with van der Waals surface area (Å²) in [6, 6.07) is 0. The Kier molecular flexibility index (Phi) is 70.0. The molecule has 1 radical (unpaired) electrons. The molecule has 5 heavy (non-hydrogen) atoms. The van der Waals surface area contributed by atoms with Gasteiger partial charge in [-0.25, -0.2) is 5.11 Å². The van der Waals surface area contributed by atoms with Crippen molar-refractivity contribution in [2.75, 3.05) is 21.3 Å². The number of methoxy groups -OCH3 is 1. The Bertz CT molecular complexity index is 4.85. The molecule has 0 aromatic carbocycles. The third-order valence-corrected chi connectivity index (χ3v) is 0. The fraction of sp³-hybridized carbons (Fsp3) is 1.00. The Morgan fingerprint density at radius 1 is 1.20 bits per heavy atom. The molecule has 0 aliphatic rings. The van der Waals surface area contributed by atoms with E-state index in [2.05, 4.69) is 4.74 Å². The van der Waals surface area contributed by atoms with E-state index in [1.165, 1.54) is 0 Å². The van der Waals surface area contributed by atoms with Crippen molar-refractivity contribution >= 4 is 0 Å². The number of rotatable bonds is 0. The minimum absolute atomic E-state index is 0.750. The van der Waals surface area contributed by atoms with Crippen LogP contribution in [0.2, 0.25) is 0 Å². The molecule has 0 aliphatic carbocycles. The van der Waals surface area contributed by atoms with Gasteiger partial charge in [0.2, 0.25) is 0 Å². The quantitative estimate of drug-likeness (QED) is 0.409. The van der Waals surface area contributed by atoms with Gasteiger partial charge in [0.15, 0.2) is 0 Å². The van der Waals surface area contributed by atoms with Crippen molar-refractivity contribution in [3.63, 3.8) is 0 Å². The maximum Gasteiger partial charge on any atom is 0.0712 e. The fourth-order valence-corrected chi connectivity index (χ4v) is 0. The molecule has 0 aromatic rings. The third kappa shape index (κ3) is 2260. The lowest BCUT2D eigenvalue weighted by Gasteiger charge is -1.61. The maximum atomic E-state index is 8.25. The van der Waals surface area contributed by atoms with Gasteiger partial charge in [0.05, 0.1) is 7.11 Å². The summed E-state index contributed by atoms with van der Waals surface area (Å²) in [6.07, 6.45) is 0. The fourth-order valence-electron chi connectivity index (χ4n) is 0. The molecular weight excluding hydrogens is 68.0 g/mol. The summed E-state index contributed by atoms with van der Waals surface area (Å²) in [4.78, 5) is 0. The van der Waals surface area contributed by atoms with Crippen molar-refractivity contribution in [2.24, 2.45) is 0 Å². The van der Waals surface area contributed by atoms with Gasteiger partial charge in [0, 0.05) is 14.2 Å². The predicted molar refractivity (Wildman–Crippen MR) is 19.5 cm³/mol. The standard InChI is InChI=1S/C2H6O.CH3O/c1-3-2;1-2/h1-2H3;1H3. The zero-order valence-electron chi connectivity index (χ0n) is 3.82. The van der Waals surface area contributed by atoms with Gasteiger partial charge >= 0.3 is 0 Å². The average Bonchev–Trinajstić information content (AvgIpc) is 1.46. The second-order valence-corrected chi connectivity index (χ2v) is 0.408. The monoisotopic (exact) mass is 77.1 g/mol. The average molecular weight is 77.1 g/mol. The van der Waals surface area contributed by atoms with Gasteiger partial charge in [0.1, 0.15) is 0 Å². The summed E-state index contributed by atoms with van der Waals surface area (Å²) in [5, 5.41) is 8.25. The SMILES string of the molecule is COC.C[O]. The molecule has 2 nitrogen and oxygen atoms in total. The molecule has 0 spiro atoms. The highest BCUT2D eigenvalue weighted by atomic mass is 16.4. The van der Waals surface area contributed by atoms with Crippen molar-refractivity contribution in [1.82, 2.24) is 0 Å². The van der Waals surface area contributed by atoms with Gasteiger partial charge in [0.25, 0.3) is 0 Å². The minimum Gasteiger partial charge on any atom is -0.388 e. The van der Waals surface area contributed by atoms with Crippen LogP contribution in [-0.2, 0) is 9.84 Å². The molecule has 0 N–H and O–H groups in total. The number of hydrogen-bond acceptors (Lipinski definition) is 1. The summed E-state index contributed by atoms with van der Waals surface area (Å²) < 4.78 is 4.25. The smallest absolute Gasteiger partial charge is 0.0712 e. The molecule has 0 rings (SSSR count). The van der Waals surface area contributed by atoms with Crippen molar-refractivity contribution in [1.29, 1.82) is 0 Å². The van der Waals surface area contributed by atoms with Gasteiger partial charge in [-0.05, 0) is 0 Å². The zero-order chi connectivity index (χ0) is 4.71. The van der Waals surface area contributed by atoms with E-state index in [1.54, 1.807) is 14.2 Å². The van der Waals surface area contributed by atoms with Gasteiger partial charge in [-0.3, -0.25) is 0 Å². The van der Waals surface area contributed by atoms with Gasteiger partial charge in [-0.2, -0.15) is 0 Å². The van der Waals surface area contributed by atoms with Crippen LogP contribution in [0.4, 0.5) is 0 Å². The first-order valence-electron chi connectivity index (χ1n) is 1.22. The van der Waals surface area contributed by atoms with E-state index in [1.807, 2.05) is 0 Å². The number of ether oxygens (including phenoxy) is 1. The van der Waals surface area contributed by atoms with Crippen LogP contribution in [-0.4, -0.2) is 21.3 Å². The molecule has 0 fully saturated rings. The van der Waals surface area contributed by atoms with Crippen LogP contribution >= 0.6 is 0 Å². The van der Waals surface area contributed by atoms with E-state index in [-0.39, 0.29) is 0 Å². The Morgan fingerprint density at radius 2 is 1.20 bits per heavy atom. The summed E-state index contributed by atoms with van der Waals surface area (Å²) in [7, 11) is 4.00. The first-order valence-corrected chi connectivity index (χ1v) is 1.22. The molecule has 33 valence electrons. The summed E-state index contributed by atoms with van der Waals surface area (Å²) >= 11 is 0. The topological polar surface area (TPSA) is 29.1 Å². The van der Waals surface area contributed by atoms with Crippen LogP contribution < -0.4 is 0 Å². The highest BCUT2D eigenvalue weighted by Gasteiger charge is 1.25. The first kappa shape index (κ1) is 8.87. The van der Waals surface area contributed by atoms with Crippen molar-refractivity contribution < 1.29 is 9.84 Å². The molecule has 0 unspecified atom stereocenters. The predicted octanol–water partition coefficient (Wildman–Crippen LogP) is 0.309. The molecule has 0 atom stereocenters. The second kappa shape index (κ2) is 39.5. The van der Waals surface area contributed by atoms with E-state index in [0.29, 0.717) is 0 Å². The Labute approximate surface area is 32.4 Å². The minimum atomic E-state index is 0.750. The van der Waals surface area contributed by atoms with Crippen LogP contribution in [0.5, 0.6) is 0 Å². The summed E-state index contributed by atoms with van der Waals surface area (Å²) in [5.41, 5.74) is 0. The third-order valence-electron chi connectivity index (χ3n) is 0. The molecule has 0 aliphatic heterocycles. The Balaban J connectivity index is 0. The van der Waals surface area contributed by atoms with Crippen molar-refractivity contribution in [3.8, 4) is 0 Å². The molecule has 0 amide bonds. The zero-order valence-corrected chi connectivity index (χ0v) is 3.82. The molecule has 0 aromatic heterocycles. The van der Waals surface area contributed by atoms with Gasteiger partial charge < -0.3 is 4.74 Å². The highest BCUT2D eigenvalue weighted by molar-refractivity contribution is 3.56. The summed E-state index contributed by atoms with van der Waals surface area (Å²) in [6.45, 7) is 0. The van der Waals surface area contributed by atoms with Crippen LogP contribution in [0.3, 0.4) is 0 Å². The van der Waals surface area contributed by atoms with E-state index < -0.39 is 0 Å². The number of hydrogen-bond donors (Lipinski definition) is 0. The van der Waals surface area contributed by atoms with Gasteiger partial charge in [-0.1, -0.05) is 0 Å². The normalized spacial score (nSPS) is 4.80. The lowest BCUT2D eigenvalue weighted by atomic mass is 11.6. The first-order chi connectivity index (χ1) is 2.41. The van der Waals surface area contributed by atoms with Gasteiger partial charge in [-0.15, -0.1) is 0 Å². The van der Waals surface area contributed by atoms with E-state index in [0.717, 1.165) is 7.11 Å². The molecule has 0 saturated carbocycles. The maximum absolute atomic E-state index is 8.25. The molecule has 0 bridgehead atoms. The molecular formula is C3H9O2. The van der Waals surface area contributed by atoms with Crippen LogP contribution in [0.1, 0.15) is 0 Å². The van der Waals surface area contributed by atoms with Crippen molar-refractivity contribution in [2.45, 2.75) is 0 Å². The van der Waals surface area contributed by atoms with E-state index >= 15 is 0 Å². The Hall–Kier alpha value is -0.0800. The second-order valence-electron chi connectivity index (χ2n) is 0.408. The highest BCUT2D eigenvalue weighted by Crippen LogP contribution is 1.28. The largest absolute Gasteiger partial charge is 0.388 e. The van der Waals surface area contributed by atoms with Crippen LogP contribution in [0.15, 0.2) is 0 Å². The molecule has 2 heteroatoms. The Morgan fingerprint density at radius 3 is 1.20 bits per heavy atom. The lowest BCUT2D eigenvalue weighted by molar-refractivity contribution is 0.277. The molecule has 0 saturated heterocycles. The van der Waals surface area contributed by atoms with E-state index in [9.17, 15) is 0 Å². The lowest BCUT2D eigenvalue weighted by Crippen LogP contribution is -1.55. The van der Waals surface area contributed by atoms with E-state index in [4.69, 9.17) is 5.11 Å².